The van der Waals surface area contributed by atoms with E-state index in [2.05, 4.69) is 135 Å². The van der Waals surface area contributed by atoms with Crippen molar-refractivity contribution in [1.82, 2.24) is 24.1 Å². The molecule has 8 heteroatoms. The molecule has 5 heterocycles. The minimum absolute atomic E-state index is 0.408. The highest BCUT2D eigenvalue weighted by molar-refractivity contribution is 6.27. The lowest BCUT2D eigenvalue weighted by atomic mass is 9.93. The molecule has 0 bridgehead atoms. The number of furan rings is 2. The van der Waals surface area contributed by atoms with Crippen molar-refractivity contribution in [3.05, 3.63) is 230 Å². The van der Waals surface area contributed by atoms with Crippen LogP contribution in [0, 0.1) is 6.57 Å². The third-order valence-electron chi connectivity index (χ3n) is 14.2. The minimum Gasteiger partial charge on any atom is -0.456 e. The van der Waals surface area contributed by atoms with Gasteiger partial charge in [-0.3, -0.25) is 0 Å². The first-order valence-corrected chi connectivity index (χ1v) is 23.9. The van der Waals surface area contributed by atoms with E-state index in [1.165, 1.54) is 0 Å². The van der Waals surface area contributed by atoms with Crippen LogP contribution >= 0.6 is 0 Å². The van der Waals surface area contributed by atoms with Gasteiger partial charge in [0.1, 0.15) is 22.3 Å². The number of hydrogen-bond donors (Lipinski definition) is 0. The zero-order valence-corrected chi connectivity index (χ0v) is 38.3. The molecule has 5 aromatic heterocycles. The van der Waals surface area contributed by atoms with Gasteiger partial charge in [-0.2, -0.15) is 0 Å². The number of benzene rings is 10. The molecule has 0 N–H and O–H groups in total. The molecule has 0 aliphatic carbocycles. The molecule has 0 radical (unpaired) electrons. The average molecular weight is 921 g/mol. The molecule has 0 atom stereocenters. The van der Waals surface area contributed by atoms with Crippen molar-refractivity contribution in [3.63, 3.8) is 0 Å². The van der Waals surface area contributed by atoms with Crippen LogP contribution in [0.1, 0.15) is 0 Å². The second-order valence-corrected chi connectivity index (χ2v) is 18.1. The second-order valence-electron chi connectivity index (χ2n) is 18.1. The predicted octanol–water partition coefficient (Wildman–Crippen LogP) is 17.1. The third-order valence-corrected chi connectivity index (χ3v) is 14.2. The lowest BCUT2D eigenvalue weighted by molar-refractivity contribution is 0.669. The van der Waals surface area contributed by atoms with Gasteiger partial charge in [-0.25, -0.2) is 19.8 Å². The summed E-state index contributed by atoms with van der Waals surface area (Å²) in [6.45, 7) is 9.43. The zero-order valence-electron chi connectivity index (χ0n) is 38.3. The van der Waals surface area contributed by atoms with Gasteiger partial charge in [0.2, 0.25) is 5.69 Å². The quantitative estimate of drug-likeness (QED) is 0.155. The zero-order chi connectivity index (χ0) is 47.4. The van der Waals surface area contributed by atoms with Crippen molar-refractivity contribution in [2.75, 3.05) is 0 Å². The van der Waals surface area contributed by atoms with Crippen LogP contribution < -0.4 is 0 Å². The number of aromatic nitrogens is 5. The van der Waals surface area contributed by atoms with Crippen LogP contribution in [0.25, 0.3) is 149 Å². The maximum atomic E-state index is 9.43. The van der Waals surface area contributed by atoms with E-state index in [0.717, 1.165) is 115 Å². The Morgan fingerprint density at radius 2 is 0.778 bits per heavy atom. The van der Waals surface area contributed by atoms with Crippen molar-refractivity contribution in [1.29, 1.82) is 0 Å². The number of fused-ring (bicyclic) bond motifs is 14. The Kier molecular flexibility index (Phi) is 8.55. The van der Waals surface area contributed by atoms with Crippen molar-refractivity contribution >= 4 is 93.2 Å². The monoisotopic (exact) mass is 920 g/mol. The summed E-state index contributed by atoms with van der Waals surface area (Å²) in [6.07, 6.45) is 0. The first-order chi connectivity index (χ1) is 35.7. The van der Waals surface area contributed by atoms with Crippen LogP contribution in [-0.2, 0) is 0 Å². The van der Waals surface area contributed by atoms with E-state index >= 15 is 0 Å². The van der Waals surface area contributed by atoms with Gasteiger partial charge in [-0.1, -0.05) is 164 Å². The lowest BCUT2D eigenvalue weighted by Gasteiger charge is -2.25. The van der Waals surface area contributed by atoms with E-state index in [1.807, 2.05) is 97.1 Å². The van der Waals surface area contributed by atoms with E-state index in [-0.39, 0.29) is 0 Å². The molecule has 0 saturated carbocycles. The Hall–Kier alpha value is -10.1. The molecule has 10 aromatic carbocycles. The summed E-state index contributed by atoms with van der Waals surface area (Å²) in [7, 11) is 0. The summed E-state index contributed by atoms with van der Waals surface area (Å²) in [5, 5.41) is 8.12. The lowest BCUT2D eigenvalue weighted by Crippen LogP contribution is -2.09. The van der Waals surface area contributed by atoms with Gasteiger partial charge in [-0.15, -0.1) is 0 Å². The number of hydrogen-bond acceptors (Lipinski definition) is 5. The molecule has 0 fully saturated rings. The first kappa shape index (κ1) is 39.9. The van der Waals surface area contributed by atoms with E-state index in [0.29, 0.717) is 34.4 Å². The molecule has 0 unspecified atom stereocenters. The predicted molar refractivity (Wildman–Crippen MR) is 291 cm³/mol. The number of rotatable bonds is 6. The van der Waals surface area contributed by atoms with Gasteiger partial charge >= 0.3 is 0 Å². The maximum absolute atomic E-state index is 9.43. The van der Waals surface area contributed by atoms with Crippen LogP contribution in [0.15, 0.2) is 227 Å². The Morgan fingerprint density at radius 1 is 0.361 bits per heavy atom. The van der Waals surface area contributed by atoms with Crippen LogP contribution in [0.5, 0.6) is 0 Å². The van der Waals surface area contributed by atoms with Gasteiger partial charge in [0.25, 0.3) is 0 Å². The highest BCUT2D eigenvalue weighted by atomic mass is 16.3. The largest absolute Gasteiger partial charge is 0.456 e. The van der Waals surface area contributed by atoms with Gasteiger partial charge in [0, 0.05) is 54.6 Å². The van der Waals surface area contributed by atoms with Crippen molar-refractivity contribution < 1.29 is 8.83 Å². The molecular weight excluding hydrogens is 885 g/mol. The summed E-state index contributed by atoms with van der Waals surface area (Å²) in [5.74, 6) is 1.48. The van der Waals surface area contributed by atoms with E-state index in [9.17, 15) is 6.57 Å². The van der Waals surface area contributed by atoms with Crippen molar-refractivity contribution in [3.8, 4) is 56.7 Å². The molecule has 8 nitrogen and oxygen atoms in total. The van der Waals surface area contributed by atoms with Crippen LogP contribution in [0.4, 0.5) is 5.69 Å². The highest BCUT2D eigenvalue weighted by Gasteiger charge is 2.31. The van der Waals surface area contributed by atoms with Crippen LogP contribution in [-0.4, -0.2) is 24.1 Å². The van der Waals surface area contributed by atoms with Gasteiger partial charge in [0.15, 0.2) is 17.5 Å². The Morgan fingerprint density at radius 3 is 1.28 bits per heavy atom. The molecule has 334 valence electrons. The van der Waals surface area contributed by atoms with E-state index in [1.54, 1.807) is 0 Å². The molecule has 0 amide bonds. The fourth-order valence-electron chi connectivity index (χ4n) is 11.2. The molecular formula is C64H36N6O2. The van der Waals surface area contributed by atoms with Crippen LogP contribution in [0.3, 0.4) is 0 Å². The Balaban J connectivity index is 1.22. The summed E-state index contributed by atoms with van der Waals surface area (Å²) in [6, 6.07) is 74.5. The topological polar surface area (TPSA) is 79.2 Å². The van der Waals surface area contributed by atoms with E-state index < -0.39 is 0 Å². The normalized spacial score (nSPS) is 11.9. The number of para-hydroxylation sites is 4. The Bertz CT molecular complexity index is 4690. The molecule has 15 rings (SSSR count). The highest BCUT2D eigenvalue weighted by Crippen LogP contribution is 2.52. The van der Waals surface area contributed by atoms with E-state index in [4.69, 9.17) is 23.8 Å². The van der Waals surface area contributed by atoms with Gasteiger partial charge < -0.3 is 18.0 Å². The molecule has 0 aliphatic rings. The molecule has 0 spiro atoms. The second kappa shape index (κ2) is 15.5. The standard InChI is InChI=1S/C64H36N6O2/c1-65-48-37-47(64-67-62(39-21-7-3-8-22-39)66-63(68-64)40-23-9-4-10-24-40)55(38-19-5-2-6-20-38)61(70-50-30-16-12-26-42(50)44-34-36-54-57(59(44)70)46-28-14-18-32-52(46)72-54)60(48)69-49-29-15-11-25-41(49)43-33-35-53-56(58(43)69)45-27-13-17-31-51(45)71-53/h2-37H. The third kappa shape index (κ3) is 5.76. The maximum Gasteiger partial charge on any atom is 0.213 e. The summed E-state index contributed by atoms with van der Waals surface area (Å²) in [4.78, 5) is 20.5. The first-order valence-electron chi connectivity index (χ1n) is 23.9. The molecule has 0 aliphatic heterocycles. The fraction of sp³-hybridized carbons (Fsp3) is 0. The summed E-state index contributed by atoms with van der Waals surface area (Å²) >= 11 is 0. The fourth-order valence-corrected chi connectivity index (χ4v) is 11.2. The molecule has 0 saturated heterocycles. The minimum atomic E-state index is 0.408. The van der Waals surface area contributed by atoms with Crippen molar-refractivity contribution in [2.45, 2.75) is 0 Å². The Labute approximate surface area is 410 Å². The summed E-state index contributed by atoms with van der Waals surface area (Å²) in [5.41, 5.74) is 12.9. The molecule has 15 aromatic rings. The number of nitrogens with zero attached hydrogens (tertiary/aromatic N) is 6. The SMILES string of the molecule is [C-]#[N+]c1cc(-c2nc(-c3ccccc3)nc(-c3ccccc3)n2)c(-c2ccccc2)c(-n2c3ccccc3c3ccc4oc5ccccc5c4c32)c1-n1c2ccccc2c2ccc3oc4ccccc4c3c21. The van der Waals surface area contributed by atoms with Crippen LogP contribution in [0.2, 0.25) is 0 Å². The average Bonchev–Trinajstić information content (AvgIpc) is 4.21. The van der Waals surface area contributed by atoms with Crippen molar-refractivity contribution in [2.24, 2.45) is 0 Å². The van der Waals surface area contributed by atoms with Gasteiger partial charge in [0.05, 0.1) is 50.8 Å². The van der Waals surface area contributed by atoms with Gasteiger partial charge in [-0.05, 0) is 60.2 Å². The summed E-state index contributed by atoms with van der Waals surface area (Å²) < 4.78 is 18.1. The molecule has 72 heavy (non-hydrogen) atoms. The smallest absolute Gasteiger partial charge is 0.213 e.